The number of ether oxygens (including phenoxy) is 1. The van der Waals surface area contributed by atoms with Gasteiger partial charge in [-0.15, -0.1) is 0 Å². The van der Waals surface area contributed by atoms with Gasteiger partial charge in [-0.2, -0.15) is 0 Å². The zero-order valence-electron chi connectivity index (χ0n) is 9.14. The summed E-state index contributed by atoms with van der Waals surface area (Å²) in [4.78, 5) is 0. The third kappa shape index (κ3) is 4.18. The summed E-state index contributed by atoms with van der Waals surface area (Å²) in [7, 11) is -1.86. The first-order chi connectivity index (χ1) is 7.57. The smallest absolute Gasteiger partial charge is 0.234 e. The molecule has 0 amide bonds. The molecule has 0 aliphatic carbocycles. The van der Waals surface area contributed by atoms with Gasteiger partial charge < -0.3 is 10.5 Å². The molecule has 0 radical (unpaired) electrons. The molecule has 0 saturated carbocycles. The van der Waals surface area contributed by atoms with Gasteiger partial charge in [0, 0.05) is 19.3 Å². The van der Waals surface area contributed by atoms with Crippen LogP contribution in [0.15, 0.2) is 24.3 Å². The number of anilines is 1. The number of hydrogen-bond donors (Lipinski definition) is 2. The normalized spacial score (nSPS) is 11.4. The fraction of sp³-hybridized carbons (Fsp3) is 0.400. The Kier molecular flexibility index (Phi) is 4.72. The van der Waals surface area contributed by atoms with Crippen molar-refractivity contribution >= 4 is 15.7 Å². The predicted molar refractivity (Wildman–Crippen MR) is 63.6 cm³/mol. The Labute approximate surface area is 95.7 Å². The van der Waals surface area contributed by atoms with Crippen LogP contribution in [0.5, 0.6) is 0 Å². The molecule has 0 atom stereocenters. The maximum absolute atomic E-state index is 11.5. The van der Waals surface area contributed by atoms with Crippen LogP contribution in [0.3, 0.4) is 0 Å². The molecule has 0 aliphatic heterocycles. The lowest BCUT2D eigenvalue weighted by Gasteiger charge is -2.07. The Hall–Kier alpha value is -1.11. The van der Waals surface area contributed by atoms with Crippen LogP contribution < -0.4 is 10.5 Å². The number of nitrogens with one attached hydrogen (secondary N) is 1. The van der Waals surface area contributed by atoms with Gasteiger partial charge in [0.2, 0.25) is 10.0 Å². The Morgan fingerprint density at radius 2 is 1.94 bits per heavy atom. The van der Waals surface area contributed by atoms with Gasteiger partial charge in [-0.05, 0) is 17.7 Å². The zero-order valence-corrected chi connectivity index (χ0v) is 9.96. The summed E-state index contributed by atoms with van der Waals surface area (Å²) < 4.78 is 30.2. The first-order valence-corrected chi connectivity index (χ1v) is 6.51. The molecule has 0 aromatic heterocycles. The molecule has 0 spiro atoms. The Morgan fingerprint density at radius 3 is 2.44 bits per heavy atom. The molecule has 6 heteroatoms. The van der Waals surface area contributed by atoms with Crippen molar-refractivity contribution in [3.63, 3.8) is 0 Å². The van der Waals surface area contributed by atoms with Crippen LogP contribution in [0.25, 0.3) is 0 Å². The highest BCUT2D eigenvalue weighted by atomic mass is 32.2. The van der Waals surface area contributed by atoms with Crippen molar-refractivity contribution < 1.29 is 13.2 Å². The maximum Gasteiger partial charge on any atom is 0.234 e. The summed E-state index contributed by atoms with van der Waals surface area (Å²) in [6, 6.07) is 6.95. The van der Waals surface area contributed by atoms with Crippen molar-refractivity contribution in [1.82, 2.24) is 0 Å². The molecule has 16 heavy (non-hydrogen) atoms. The third-order valence-corrected chi connectivity index (χ3v) is 3.27. The molecule has 0 unspecified atom stereocenters. The average molecular weight is 244 g/mol. The molecule has 0 saturated heterocycles. The first-order valence-electron chi connectivity index (χ1n) is 4.86. The Bertz CT molecular complexity index is 414. The third-order valence-electron chi connectivity index (χ3n) is 2.02. The summed E-state index contributed by atoms with van der Waals surface area (Å²) >= 11 is 0. The van der Waals surface area contributed by atoms with Crippen LogP contribution in [-0.4, -0.2) is 27.9 Å². The van der Waals surface area contributed by atoms with E-state index in [-0.39, 0.29) is 12.4 Å². The quantitative estimate of drug-likeness (QED) is 0.765. The Morgan fingerprint density at radius 1 is 1.31 bits per heavy atom. The van der Waals surface area contributed by atoms with E-state index in [9.17, 15) is 8.42 Å². The Balaban J connectivity index is 2.65. The fourth-order valence-electron chi connectivity index (χ4n) is 1.13. The minimum atomic E-state index is -3.32. The highest BCUT2D eigenvalue weighted by Gasteiger charge is 2.09. The second-order valence-electron chi connectivity index (χ2n) is 3.31. The fourth-order valence-corrected chi connectivity index (χ4v) is 2.12. The molecule has 5 nitrogen and oxygen atoms in total. The predicted octanol–water partition coefficient (Wildman–Crippen LogP) is 0.533. The van der Waals surface area contributed by atoms with Gasteiger partial charge in [0.05, 0.1) is 12.4 Å². The van der Waals surface area contributed by atoms with Crippen molar-refractivity contribution in [2.45, 2.75) is 6.54 Å². The minimum absolute atomic E-state index is 0.0534. The van der Waals surface area contributed by atoms with E-state index in [2.05, 4.69) is 4.72 Å². The number of benzene rings is 1. The molecule has 1 aromatic rings. The molecule has 3 N–H and O–H groups in total. The van der Waals surface area contributed by atoms with E-state index in [0.717, 1.165) is 5.56 Å². The van der Waals surface area contributed by atoms with E-state index in [0.29, 0.717) is 12.2 Å². The molecule has 90 valence electrons. The number of sulfonamides is 1. The average Bonchev–Trinajstić information content (AvgIpc) is 2.27. The number of hydrogen-bond acceptors (Lipinski definition) is 4. The van der Waals surface area contributed by atoms with Crippen LogP contribution in [0, 0.1) is 0 Å². The van der Waals surface area contributed by atoms with E-state index in [4.69, 9.17) is 10.5 Å². The highest BCUT2D eigenvalue weighted by molar-refractivity contribution is 7.92. The molecule has 1 rings (SSSR count). The van der Waals surface area contributed by atoms with Crippen molar-refractivity contribution in [2.24, 2.45) is 5.73 Å². The number of nitrogens with two attached hydrogens (primary N) is 1. The molecule has 0 aliphatic rings. The van der Waals surface area contributed by atoms with Gasteiger partial charge in [0.1, 0.15) is 0 Å². The van der Waals surface area contributed by atoms with Gasteiger partial charge >= 0.3 is 0 Å². The van der Waals surface area contributed by atoms with E-state index >= 15 is 0 Å². The van der Waals surface area contributed by atoms with Gasteiger partial charge in [0.15, 0.2) is 0 Å². The van der Waals surface area contributed by atoms with Gasteiger partial charge in [0.25, 0.3) is 0 Å². The monoisotopic (exact) mass is 244 g/mol. The summed E-state index contributed by atoms with van der Waals surface area (Å²) in [5.74, 6) is -0.0534. The molecule has 0 fully saturated rings. The lowest BCUT2D eigenvalue weighted by atomic mass is 10.2. The van der Waals surface area contributed by atoms with Crippen LogP contribution in [0.4, 0.5) is 5.69 Å². The van der Waals surface area contributed by atoms with Crippen LogP contribution in [0.1, 0.15) is 5.56 Å². The van der Waals surface area contributed by atoms with E-state index in [1.165, 1.54) is 7.11 Å². The SMILES string of the molecule is COCCS(=O)(=O)Nc1ccc(CN)cc1. The lowest BCUT2D eigenvalue weighted by molar-refractivity contribution is 0.217. The molecular formula is C10H16N2O3S. The molecule has 1 aromatic carbocycles. The maximum atomic E-state index is 11.5. The summed E-state index contributed by atoms with van der Waals surface area (Å²) in [6.07, 6.45) is 0. The second kappa shape index (κ2) is 5.83. The van der Waals surface area contributed by atoms with Gasteiger partial charge in [-0.25, -0.2) is 8.42 Å². The van der Waals surface area contributed by atoms with Crippen LogP contribution >= 0.6 is 0 Å². The minimum Gasteiger partial charge on any atom is -0.384 e. The van der Waals surface area contributed by atoms with E-state index in [1.807, 2.05) is 0 Å². The lowest BCUT2D eigenvalue weighted by Crippen LogP contribution is -2.19. The largest absolute Gasteiger partial charge is 0.384 e. The van der Waals surface area contributed by atoms with Crippen molar-refractivity contribution in [1.29, 1.82) is 0 Å². The van der Waals surface area contributed by atoms with Crippen molar-refractivity contribution in [3.05, 3.63) is 29.8 Å². The summed E-state index contributed by atoms with van der Waals surface area (Å²) in [5, 5.41) is 0. The molecule has 0 bridgehead atoms. The summed E-state index contributed by atoms with van der Waals surface area (Å²) in [5.41, 5.74) is 6.93. The zero-order chi connectivity index (χ0) is 12.0. The van der Waals surface area contributed by atoms with Crippen molar-refractivity contribution in [3.8, 4) is 0 Å². The summed E-state index contributed by atoms with van der Waals surface area (Å²) in [6.45, 7) is 0.618. The van der Waals surface area contributed by atoms with Crippen LogP contribution in [-0.2, 0) is 21.3 Å². The molecular weight excluding hydrogens is 228 g/mol. The topological polar surface area (TPSA) is 81.4 Å². The van der Waals surface area contributed by atoms with Crippen molar-refractivity contribution in [2.75, 3.05) is 24.2 Å². The van der Waals surface area contributed by atoms with Gasteiger partial charge in [-0.1, -0.05) is 12.1 Å². The van der Waals surface area contributed by atoms with Gasteiger partial charge in [-0.3, -0.25) is 4.72 Å². The highest BCUT2D eigenvalue weighted by Crippen LogP contribution is 2.10. The first kappa shape index (κ1) is 13.0. The molecule has 0 heterocycles. The van der Waals surface area contributed by atoms with E-state index in [1.54, 1.807) is 24.3 Å². The number of methoxy groups -OCH3 is 1. The second-order valence-corrected chi connectivity index (χ2v) is 5.16. The van der Waals surface area contributed by atoms with Crippen LogP contribution in [0.2, 0.25) is 0 Å². The van der Waals surface area contributed by atoms with E-state index < -0.39 is 10.0 Å². The number of rotatable bonds is 6. The standard InChI is InChI=1S/C10H16N2O3S/c1-15-6-7-16(13,14)12-10-4-2-9(8-11)3-5-10/h2-5,12H,6-8,11H2,1H3.